The smallest absolute Gasteiger partial charge is 0.153 e. The van der Waals surface area contributed by atoms with E-state index in [0.717, 1.165) is 0 Å². The summed E-state index contributed by atoms with van der Waals surface area (Å²) in [5.74, 6) is -0.0581. The maximum atomic E-state index is 10.3. The van der Waals surface area contributed by atoms with Gasteiger partial charge in [-0.25, -0.2) is 0 Å². The maximum Gasteiger partial charge on any atom is 0.153 e. The Bertz CT molecular complexity index is 268. The Labute approximate surface area is 63.9 Å². The van der Waals surface area contributed by atoms with Gasteiger partial charge in [0.25, 0.3) is 0 Å². The minimum atomic E-state index is -0.124. The summed E-state index contributed by atoms with van der Waals surface area (Å²) in [6.45, 7) is -0.124. The first kappa shape index (κ1) is 7.75. The first-order chi connectivity index (χ1) is 5.27. The molecule has 0 unspecified atom stereocenters. The molecule has 1 aromatic carbocycles. The summed E-state index contributed by atoms with van der Waals surface area (Å²) in [6.07, 6.45) is 0.550. The predicted octanol–water partition coefficient (Wildman–Crippen LogP) is 0.697. The second kappa shape index (κ2) is 3.16. The van der Waals surface area contributed by atoms with Crippen molar-refractivity contribution < 1.29 is 15.0 Å². The van der Waals surface area contributed by atoms with Crippen LogP contribution in [0.15, 0.2) is 18.2 Å². The predicted molar refractivity (Wildman–Crippen MR) is 39.4 cm³/mol. The van der Waals surface area contributed by atoms with Gasteiger partial charge in [-0.1, -0.05) is 6.07 Å². The van der Waals surface area contributed by atoms with Gasteiger partial charge in [-0.3, -0.25) is 4.79 Å². The number of benzene rings is 1. The van der Waals surface area contributed by atoms with E-state index in [2.05, 4.69) is 0 Å². The van der Waals surface area contributed by atoms with Crippen molar-refractivity contribution in [2.45, 2.75) is 6.61 Å². The van der Waals surface area contributed by atoms with Crippen LogP contribution in [0.1, 0.15) is 15.9 Å². The van der Waals surface area contributed by atoms with Crippen LogP contribution in [0.25, 0.3) is 0 Å². The van der Waals surface area contributed by atoms with Crippen molar-refractivity contribution in [3.63, 3.8) is 0 Å². The molecule has 0 radical (unpaired) electrons. The lowest BCUT2D eigenvalue weighted by molar-refractivity contribution is 0.112. The quantitative estimate of drug-likeness (QED) is 0.613. The van der Waals surface area contributed by atoms with Gasteiger partial charge in [0.15, 0.2) is 6.29 Å². The summed E-state index contributed by atoms with van der Waals surface area (Å²) in [4.78, 5) is 10.3. The molecule has 3 heteroatoms. The zero-order chi connectivity index (χ0) is 8.27. The highest BCUT2D eigenvalue weighted by molar-refractivity contribution is 5.79. The van der Waals surface area contributed by atoms with Gasteiger partial charge in [0.05, 0.1) is 12.2 Å². The fourth-order valence-electron chi connectivity index (χ4n) is 0.797. The van der Waals surface area contributed by atoms with E-state index in [1.54, 1.807) is 6.07 Å². The number of phenolic OH excluding ortho intramolecular Hbond substituents is 1. The van der Waals surface area contributed by atoms with E-state index in [-0.39, 0.29) is 17.9 Å². The summed E-state index contributed by atoms with van der Waals surface area (Å²) in [5.41, 5.74) is 0.821. The van der Waals surface area contributed by atoms with Crippen LogP contribution in [0.3, 0.4) is 0 Å². The molecule has 0 atom stereocenters. The molecule has 0 spiro atoms. The highest BCUT2D eigenvalue weighted by Gasteiger charge is 1.99. The van der Waals surface area contributed by atoms with Crippen molar-refractivity contribution in [1.29, 1.82) is 0 Å². The van der Waals surface area contributed by atoms with Crippen LogP contribution in [0.5, 0.6) is 5.75 Å². The van der Waals surface area contributed by atoms with E-state index in [1.807, 2.05) is 0 Å². The first-order valence-electron chi connectivity index (χ1n) is 3.16. The standard InChI is InChI=1S/C8H8O3/c9-4-6-1-2-8(11)7(3-6)5-10/h1-3,5,9,11H,4H2. The van der Waals surface area contributed by atoms with Crippen LogP contribution in [0, 0.1) is 0 Å². The average Bonchev–Trinajstić information content (AvgIpc) is 2.05. The Morgan fingerprint density at radius 2 is 2.18 bits per heavy atom. The number of aliphatic hydroxyl groups excluding tert-OH is 1. The van der Waals surface area contributed by atoms with Crippen LogP contribution < -0.4 is 0 Å². The third-order valence-electron chi connectivity index (χ3n) is 1.40. The van der Waals surface area contributed by atoms with Crippen molar-refractivity contribution in [1.82, 2.24) is 0 Å². The molecule has 0 aliphatic heterocycles. The number of hydrogen-bond donors (Lipinski definition) is 2. The molecule has 11 heavy (non-hydrogen) atoms. The molecular weight excluding hydrogens is 144 g/mol. The fourth-order valence-corrected chi connectivity index (χ4v) is 0.797. The van der Waals surface area contributed by atoms with Gasteiger partial charge >= 0.3 is 0 Å². The van der Waals surface area contributed by atoms with E-state index in [1.165, 1.54) is 12.1 Å². The largest absolute Gasteiger partial charge is 0.507 e. The molecule has 0 amide bonds. The van der Waals surface area contributed by atoms with Crippen LogP contribution in [0.2, 0.25) is 0 Å². The molecule has 58 valence electrons. The molecule has 0 fully saturated rings. The monoisotopic (exact) mass is 152 g/mol. The van der Waals surface area contributed by atoms with Crippen molar-refractivity contribution in [3.8, 4) is 5.75 Å². The van der Waals surface area contributed by atoms with E-state index in [0.29, 0.717) is 11.8 Å². The van der Waals surface area contributed by atoms with Gasteiger partial charge in [0.1, 0.15) is 5.75 Å². The number of phenols is 1. The van der Waals surface area contributed by atoms with E-state index < -0.39 is 0 Å². The second-order valence-corrected chi connectivity index (χ2v) is 2.17. The normalized spacial score (nSPS) is 9.55. The third kappa shape index (κ3) is 1.56. The molecule has 0 saturated heterocycles. The molecule has 0 bridgehead atoms. The SMILES string of the molecule is O=Cc1cc(CO)ccc1O. The van der Waals surface area contributed by atoms with Crippen molar-refractivity contribution in [3.05, 3.63) is 29.3 Å². The topological polar surface area (TPSA) is 57.5 Å². The summed E-state index contributed by atoms with van der Waals surface area (Å²) in [7, 11) is 0. The fraction of sp³-hybridized carbons (Fsp3) is 0.125. The van der Waals surface area contributed by atoms with E-state index in [4.69, 9.17) is 10.2 Å². The van der Waals surface area contributed by atoms with Gasteiger partial charge < -0.3 is 10.2 Å². The van der Waals surface area contributed by atoms with E-state index >= 15 is 0 Å². The average molecular weight is 152 g/mol. The van der Waals surface area contributed by atoms with Crippen LogP contribution in [-0.4, -0.2) is 16.5 Å². The number of carbonyl (C=O) groups is 1. The highest BCUT2D eigenvalue weighted by atomic mass is 16.3. The number of rotatable bonds is 2. The number of carbonyl (C=O) groups excluding carboxylic acids is 1. The third-order valence-corrected chi connectivity index (χ3v) is 1.40. The summed E-state index contributed by atoms with van der Waals surface area (Å²) < 4.78 is 0. The number of aliphatic hydroxyl groups is 1. The van der Waals surface area contributed by atoms with Crippen molar-refractivity contribution in [2.24, 2.45) is 0 Å². The summed E-state index contributed by atoms with van der Waals surface area (Å²) >= 11 is 0. The molecule has 0 aliphatic rings. The lowest BCUT2D eigenvalue weighted by Gasteiger charge is -1.98. The number of aromatic hydroxyl groups is 1. The molecule has 3 nitrogen and oxygen atoms in total. The lowest BCUT2D eigenvalue weighted by Crippen LogP contribution is -1.86. The van der Waals surface area contributed by atoms with Gasteiger partial charge in [0, 0.05) is 0 Å². The maximum absolute atomic E-state index is 10.3. The molecule has 1 aromatic rings. The molecule has 0 aliphatic carbocycles. The van der Waals surface area contributed by atoms with Gasteiger partial charge in [-0.15, -0.1) is 0 Å². The Morgan fingerprint density at radius 1 is 1.45 bits per heavy atom. The molecule has 0 saturated carbocycles. The summed E-state index contributed by atoms with van der Waals surface area (Å²) in [6, 6.07) is 4.39. The summed E-state index contributed by atoms with van der Waals surface area (Å²) in [5, 5.41) is 17.7. The molecule has 0 heterocycles. The Morgan fingerprint density at radius 3 is 2.73 bits per heavy atom. The molecular formula is C8H8O3. The lowest BCUT2D eigenvalue weighted by atomic mass is 10.1. The highest BCUT2D eigenvalue weighted by Crippen LogP contribution is 2.15. The van der Waals surface area contributed by atoms with Gasteiger partial charge in [-0.05, 0) is 17.7 Å². The first-order valence-corrected chi connectivity index (χ1v) is 3.16. The Hall–Kier alpha value is -1.35. The van der Waals surface area contributed by atoms with Crippen LogP contribution >= 0.6 is 0 Å². The number of aldehydes is 1. The van der Waals surface area contributed by atoms with Crippen molar-refractivity contribution >= 4 is 6.29 Å². The minimum absolute atomic E-state index is 0.0581. The molecule has 2 N–H and O–H groups in total. The second-order valence-electron chi connectivity index (χ2n) is 2.17. The van der Waals surface area contributed by atoms with E-state index in [9.17, 15) is 4.79 Å². The minimum Gasteiger partial charge on any atom is -0.507 e. The van der Waals surface area contributed by atoms with Gasteiger partial charge in [0.2, 0.25) is 0 Å². The van der Waals surface area contributed by atoms with Gasteiger partial charge in [-0.2, -0.15) is 0 Å². The molecule has 0 aromatic heterocycles. The van der Waals surface area contributed by atoms with Crippen molar-refractivity contribution in [2.75, 3.05) is 0 Å². The Kier molecular flexibility index (Phi) is 2.23. The van der Waals surface area contributed by atoms with Crippen LogP contribution in [0.4, 0.5) is 0 Å². The zero-order valence-electron chi connectivity index (χ0n) is 5.82. The van der Waals surface area contributed by atoms with Crippen LogP contribution in [-0.2, 0) is 6.61 Å². The Balaban J connectivity index is 3.12. The zero-order valence-corrected chi connectivity index (χ0v) is 5.82. The molecule has 1 rings (SSSR count). The number of hydrogen-bond acceptors (Lipinski definition) is 3.